The second-order valence-electron chi connectivity index (χ2n) is 9.31. The maximum absolute atomic E-state index is 14.2. The van der Waals surface area contributed by atoms with E-state index in [-0.39, 0.29) is 11.8 Å². The first kappa shape index (κ1) is 24.2. The largest absolute Gasteiger partial charge is 0.497 e. The molecule has 0 saturated heterocycles. The summed E-state index contributed by atoms with van der Waals surface area (Å²) in [7, 11) is 1.49. The molecular weight excluding hydrogens is 499 g/mol. The molecule has 1 amide bonds. The summed E-state index contributed by atoms with van der Waals surface area (Å²) in [5.74, 6) is 0.228. The summed E-state index contributed by atoms with van der Waals surface area (Å²) < 4.78 is 19.4. The van der Waals surface area contributed by atoms with E-state index < -0.39 is 5.82 Å². The van der Waals surface area contributed by atoms with Gasteiger partial charge >= 0.3 is 0 Å². The number of imidazole rings is 1. The number of halogens is 1. The number of benzene rings is 1. The second kappa shape index (κ2) is 9.60. The SMILES string of the molecule is COc1cc(F)cc(-c2nccc3[nH]c(-c4n[nH]c5cnc(-c6cncc(NC(=O)C(C)C)c6)cc45)nc23)c1. The summed E-state index contributed by atoms with van der Waals surface area (Å²) in [5, 5.41) is 11.1. The van der Waals surface area contributed by atoms with Crippen LogP contribution in [-0.4, -0.2) is 48.1 Å². The Hall–Kier alpha value is -5.19. The zero-order chi connectivity index (χ0) is 27.1. The van der Waals surface area contributed by atoms with E-state index in [1.807, 2.05) is 26.0 Å². The van der Waals surface area contributed by atoms with E-state index >= 15 is 0 Å². The van der Waals surface area contributed by atoms with Gasteiger partial charge in [-0.25, -0.2) is 9.37 Å². The molecular formula is C28H23FN8O2. The third kappa shape index (κ3) is 4.54. The molecule has 0 fully saturated rings. The quantitative estimate of drug-likeness (QED) is 0.268. The molecule has 10 nitrogen and oxygen atoms in total. The van der Waals surface area contributed by atoms with Crippen molar-refractivity contribution >= 4 is 33.5 Å². The van der Waals surface area contributed by atoms with Crippen molar-refractivity contribution in [3.8, 4) is 39.8 Å². The van der Waals surface area contributed by atoms with Crippen LogP contribution in [0.4, 0.5) is 10.1 Å². The number of ether oxygens (including phenoxy) is 1. The van der Waals surface area contributed by atoms with Gasteiger partial charge in [0.25, 0.3) is 0 Å². The van der Waals surface area contributed by atoms with E-state index in [0.717, 1.165) is 22.0 Å². The molecule has 0 bridgehead atoms. The highest BCUT2D eigenvalue weighted by molar-refractivity contribution is 5.97. The summed E-state index contributed by atoms with van der Waals surface area (Å²) in [6.45, 7) is 3.66. The number of hydrogen-bond acceptors (Lipinski definition) is 7. The van der Waals surface area contributed by atoms with Crippen molar-refractivity contribution < 1.29 is 13.9 Å². The van der Waals surface area contributed by atoms with Crippen LogP contribution in [0.5, 0.6) is 5.75 Å². The van der Waals surface area contributed by atoms with Crippen LogP contribution in [0, 0.1) is 11.7 Å². The van der Waals surface area contributed by atoms with Gasteiger partial charge in [0.15, 0.2) is 5.82 Å². The molecule has 0 aliphatic carbocycles. The van der Waals surface area contributed by atoms with Crippen molar-refractivity contribution in [2.24, 2.45) is 5.92 Å². The topological polar surface area (TPSA) is 134 Å². The Morgan fingerprint density at radius 3 is 2.69 bits per heavy atom. The monoisotopic (exact) mass is 522 g/mol. The fourth-order valence-corrected chi connectivity index (χ4v) is 4.27. The molecule has 5 heterocycles. The fourth-order valence-electron chi connectivity index (χ4n) is 4.27. The summed E-state index contributed by atoms with van der Waals surface area (Å²) in [4.78, 5) is 33.5. The molecule has 5 aromatic heterocycles. The zero-order valence-corrected chi connectivity index (χ0v) is 21.3. The molecule has 3 N–H and O–H groups in total. The number of rotatable bonds is 6. The number of amides is 1. The molecule has 11 heteroatoms. The van der Waals surface area contributed by atoms with Crippen molar-refractivity contribution in [3.05, 3.63) is 67.0 Å². The highest BCUT2D eigenvalue weighted by atomic mass is 19.1. The second-order valence-corrected chi connectivity index (χ2v) is 9.31. The van der Waals surface area contributed by atoms with Gasteiger partial charge in [0, 0.05) is 40.9 Å². The lowest BCUT2D eigenvalue weighted by atomic mass is 10.1. The average Bonchev–Trinajstić information content (AvgIpc) is 3.56. The van der Waals surface area contributed by atoms with E-state index in [1.165, 1.54) is 19.2 Å². The number of fused-ring (bicyclic) bond motifs is 2. The molecule has 0 aliphatic heterocycles. The number of aromatic amines is 2. The lowest BCUT2D eigenvalue weighted by molar-refractivity contribution is -0.118. The van der Waals surface area contributed by atoms with Gasteiger partial charge in [-0.1, -0.05) is 13.8 Å². The summed E-state index contributed by atoms with van der Waals surface area (Å²) in [5.41, 5.74) is 5.65. The smallest absolute Gasteiger partial charge is 0.226 e. The fraction of sp³-hybridized carbons (Fsp3) is 0.143. The van der Waals surface area contributed by atoms with E-state index in [0.29, 0.717) is 45.4 Å². The highest BCUT2D eigenvalue weighted by Crippen LogP contribution is 2.33. The van der Waals surface area contributed by atoms with Gasteiger partial charge in [0.1, 0.15) is 22.8 Å². The van der Waals surface area contributed by atoms with E-state index in [4.69, 9.17) is 9.72 Å². The van der Waals surface area contributed by atoms with Gasteiger partial charge in [-0.3, -0.25) is 24.8 Å². The Morgan fingerprint density at radius 2 is 1.87 bits per heavy atom. The van der Waals surface area contributed by atoms with E-state index in [9.17, 15) is 9.18 Å². The first-order valence-electron chi connectivity index (χ1n) is 12.2. The Morgan fingerprint density at radius 1 is 1.00 bits per heavy atom. The summed E-state index contributed by atoms with van der Waals surface area (Å²) >= 11 is 0. The first-order chi connectivity index (χ1) is 18.9. The van der Waals surface area contributed by atoms with Gasteiger partial charge in [-0.2, -0.15) is 5.10 Å². The lowest BCUT2D eigenvalue weighted by Crippen LogP contribution is -2.17. The predicted molar refractivity (Wildman–Crippen MR) is 145 cm³/mol. The van der Waals surface area contributed by atoms with Crippen LogP contribution in [0.3, 0.4) is 0 Å². The van der Waals surface area contributed by atoms with Crippen molar-refractivity contribution in [1.82, 2.24) is 35.1 Å². The Labute approximate surface area is 221 Å². The van der Waals surface area contributed by atoms with Gasteiger partial charge in [0.05, 0.1) is 47.6 Å². The van der Waals surface area contributed by atoms with E-state index in [2.05, 4.69) is 35.5 Å². The number of nitrogens with zero attached hydrogens (tertiary/aromatic N) is 5. The molecule has 0 unspecified atom stereocenters. The molecule has 39 heavy (non-hydrogen) atoms. The molecule has 1 aromatic carbocycles. The van der Waals surface area contributed by atoms with Crippen LogP contribution in [-0.2, 0) is 4.79 Å². The van der Waals surface area contributed by atoms with Crippen LogP contribution >= 0.6 is 0 Å². The number of nitrogens with one attached hydrogen (secondary N) is 3. The van der Waals surface area contributed by atoms with Gasteiger partial charge < -0.3 is 15.0 Å². The van der Waals surface area contributed by atoms with Crippen LogP contribution in [0.25, 0.3) is 56.0 Å². The van der Waals surface area contributed by atoms with Crippen molar-refractivity contribution in [3.63, 3.8) is 0 Å². The standard InChI is InChI=1S/C28H23FN8O2/c1-14(2)28(38)33-18-7-16(11-30-12-18)22-10-20-23(13-32-22)36-37-25(20)27-34-21-4-5-31-24(26(21)35-27)15-6-17(29)9-19(8-15)39-3/h4-14H,1-3H3,(H,33,38)(H,34,35)(H,36,37). The van der Waals surface area contributed by atoms with Crippen LogP contribution < -0.4 is 10.1 Å². The first-order valence-corrected chi connectivity index (χ1v) is 12.2. The molecule has 194 valence electrons. The molecule has 0 atom stereocenters. The summed E-state index contributed by atoms with van der Waals surface area (Å²) in [6, 6.07) is 9.94. The Bertz CT molecular complexity index is 1860. The van der Waals surface area contributed by atoms with Crippen molar-refractivity contribution in [1.29, 1.82) is 0 Å². The number of aromatic nitrogens is 7. The highest BCUT2D eigenvalue weighted by Gasteiger charge is 2.18. The Kier molecular flexibility index (Phi) is 5.95. The van der Waals surface area contributed by atoms with Crippen molar-refractivity contribution in [2.45, 2.75) is 13.8 Å². The van der Waals surface area contributed by atoms with Gasteiger partial charge in [-0.05, 0) is 30.3 Å². The average molecular weight is 523 g/mol. The molecule has 0 aliphatic rings. The maximum atomic E-state index is 14.2. The number of anilines is 1. The Balaban J connectivity index is 1.41. The molecule has 0 saturated carbocycles. The lowest BCUT2D eigenvalue weighted by Gasteiger charge is -2.08. The number of carbonyl (C=O) groups excluding carboxylic acids is 1. The molecule has 0 radical (unpaired) electrons. The number of H-pyrrole nitrogens is 2. The minimum absolute atomic E-state index is 0.0927. The number of carbonyl (C=O) groups is 1. The van der Waals surface area contributed by atoms with Crippen LogP contribution in [0.2, 0.25) is 0 Å². The number of pyridine rings is 3. The molecule has 0 spiro atoms. The molecule has 6 rings (SSSR count). The van der Waals surface area contributed by atoms with Crippen LogP contribution in [0.1, 0.15) is 13.8 Å². The number of methoxy groups -OCH3 is 1. The zero-order valence-electron chi connectivity index (χ0n) is 21.3. The maximum Gasteiger partial charge on any atom is 0.226 e. The third-order valence-electron chi connectivity index (χ3n) is 6.28. The van der Waals surface area contributed by atoms with Gasteiger partial charge in [-0.15, -0.1) is 0 Å². The van der Waals surface area contributed by atoms with E-state index in [1.54, 1.807) is 36.9 Å². The number of hydrogen-bond donors (Lipinski definition) is 3. The van der Waals surface area contributed by atoms with Crippen molar-refractivity contribution in [2.75, 3.05) is 12.4 Å². The normalized spacial score (nSPS) is 11.4. The minimum Gasteiger partial charge on any atom is -0.497 e. The van der Waals surface area contributed by atoms with Crippen LogP contribution in [0.15, 0.2) is 61.2 Å². The third-order valence-corrected chi connectivity index (χ3v) is 6.28. The predicted octanol–water partition coefficient (Wildman–Crippen LogP) is 5.37. The minimum atomic E-state index is -0.431. The summed E-state index contributed by atoms with van der Waals surface area (Å²) in [6.07, 6.45) is 6.61. The molecule has 6 aromatic rings. The van der Waals surface area contributed by atoms with Gasteiger partial charge in [0.2, 0.25) is 5.91 Å².